The first kappa shape index (κ1) is 12.4. The second kappa shape index (κ2) is 5.54. The molecule has 1 aromatic carbocycles. The molecule has 3 heteroatoms. The van der Waals surface area contributed by atoms with Gasteiger partial charge in [-0.2, -0.15) is 0 Å². The molecule has 0 saturated heterocycles. The van der Waals surface area contributed by atoms with Crippen LogP contribution in [0.25, 0.3) is 0 Å². The number of hydrogen-bond acceptors (Lipinski definition) is 3. The van der Waals surface area contributed by atoms with Gasteiger partial charge in [-0.3, -0.25) is 0 Å². The fourth-order valence-corrected chi connectivity index (χ4v) is 1.83. The van der Waals surface area contributed by atoms with Gasteiger partial charge in [0.25, 0.3) is 0 Å². The van der Waals surface area contributed by atoms with Crippen LogP contribution in [0.5, 0.6) is 0 Å². The summed E-state index contributed by atoms with van der Waals surface area (Å²) in [6.07, 6.45) is 1.81. The van der Waals surface area contributed by atoms with E-state index in [1.165, 1.54) is 11.1 Å². The third-order valence-electron chi connectivity index (χ3n) is 3.00. The Balaban J connectivity index is 2.23. The molecular weight excluding hydrogens is 222 g/mol. The van der Waals surface area contributed by atoms with Gasteiger partial charge in [0.15, 0.2) is 0 Å². The zero-order chi connectivity index (χ0) is 13.0. The third-order valence-corrected chi connectivity index (χ3v) is 3.00. The predicted molar refractivity (Wildman–Crippen MR) is 77.6 cm³/mol. The van der Waals surface area contributed by atoms with Gasteiger partial charge in [0, 0.05) is 30.2 Å². The quantitative estimate of drug-likeness (QED) is 0.853. The first-order chi connectivity index (χ1) is 8.70. The predicted octanol–water partition coefficient (Wildman–Crippen LogP) is 3.87. The molecule has 0 spiro atoms. The molecule has 18 heavy (non-hydrogen) atoms. The van der Waals surface area contributed by atoms with E-state index < -0.39 is 0 Å². The minimum atomic E-state index is 0.875. The number of nitrogens with one attached hydrogen (secondary N) is 2. The van der Waals surface area contributed by atoms with Crippen molar-refractivity contribution in [2.45, 2.75) is 20.8 Å². The zero-order valence-electron chi connectivity index (χ0n) is 11.1. The van der Waals surface area contributed by atoms with E-state index in [4.69, 9.17) is 0 Å². The Morgan fingerprint density at radius 1 is 1.17 bits per heavy atom. The van der Waals surface area contributed by atoms with Gasteiger partial charge < -0.3 is 10.6 Å². The van der Waals surface area contributed by atoms with Crippen LogP contribution in [0.3, 0.4) is 0 Å². The van der Waals surface area contributed by atoms with Crippen molar-refractivity contribution in [1.82, 2.24) is 4.98 Å². The molecule has 1 heterocycles. The third kappa shape index (κ3) is 2.80. The lowest BCUT2D eigenvalue weighted by atomic mass is 10.1. The van der Waals surface area contributed by atoms with Crippen LogP contribution in [0.15, 0.2) is 36.5 Å². The Hall–Kier alpha value is -2.03. The van der Waals surface area contributed by atoms with Crippen molar-refractivity contribution in [3.05, 3.63) is 47.7 Å². The Kier molecular flexibility index (Phi) is 3.82. The summed E-state index contributed by atoms with van der Waals surface area (Å²) in [7, 11) is 0. The van der Waals surface area contributed by atoms with Crippen LogP contribution in [-0.4, -0.2) is 11.5 Å². The second-order valence-corrected chi connectivity index (χ2v) is 4.33. The summed E-state index contributed by atoms with van der Waals surface area (Å²) in [5.41, 5.74) is 4.76. The van der Waals surface area contributed by atoms with E-state index in [1.807, 2.05) is 18.3 Å². The molecule has 1 aromatic heterocycles. The lowest BCUT2D eigenvalue weighted by molar-refractivity contribution is 1.16. The highest BCUT2D eigenvalue weighted by Crippen LogP contribution is 2.23. The summed E-state index contributed by atoms with van der Waals surface area (Å²) >= 11 is 0. The van der Waals surface area contributed by atoms with Crippen molar-refractivity contribution in [2.24, 2.45) is 0 Å². The maximum Gasteiger partial charge on any atom is 0.127 e. The molecular formula is C15H19N3. The normalized spacial score (nSPS) is 10.2. The van der Waals surface area contributed by atoms with Gasteiger partial charge in [-0.15, -0.1) is 0 Å². The Morgan fingerprint density at radius 2 is 2.00 bits per heavy atom. The average molecular weight is 241 g/mol. The molecule has 0 aliphatic carbocycles. The molecule has 0 amide bonds. The summed E-state index contributed by atoms with van der Waals surface area (Å²) in [5.74, 6) is 0.896. The Bertz CT molecular complexity index is 535. The summed E-state index contributed by atoms with van der Waals surface area (Å²) in [4.78, 5) is 4.26. The highest BCUT2D eigenvalue weighted by molar-refractivity contribution is 5.66. The van der Waals surface area contributed by atoms with Crippen LogP contribution in [0, 0.1) is 13.8 Å². The van der Waals surface area contributed by atoms with Gasteiger partial charge in [-0.05, 0) is 44.0 Å². The highest BCUT2D eigenvalue weighted by Gasteiger charge is 2.02. The number of pyridine rings is 1. The first-order valence-electron chi connectivity index (χ1n) is 6.24. The molecule has 0 bridgehead atoms. The number of anilines is 3. The monoisotopic (exact) mass is 241 g/mol. The smallest absolute Gasteiger partial charge is 0.127 e. The van der Waals surface area contributed by atoms with E-state index >= 15 is 0 Å². The number of hydrogen-bond donors (Lipinski definition) is 2. The minimum absolute atomic E-state index is 0.875. The van der Waals surface area contributed by atoms with Crippen molar-refractivity contribution >= 4 is 17.2 Å². The van der Waals surface area contributed by atoms with Crippen LogP contribution in [0.1, 0.15) is 18.1 Å². The lowest BCUT2D eigenvalue weighted by Gasteiger charge is -2.12. The Morgan fingerprint density at radius 3 is 2.78 bits per heavy atom. The topological polar surface area (TPSA) is 37.0 Å². The molecule has 0 fully saturated rings. The fourth-order valence-electron chi connectivity index (χ4n) is 1.83. The van der Waals surface area contributed by atoms with E-state index in [0.717, 1.165) is 23.7 Å². The lowest BCUT2D eigenvalue weighted by Crippen LogP contribution is -2.00. The van der Waals surface area contributed by atoms with Crippen LogP contribution < -0.4 is 10.6 Å². The van der Waals surface area contributed by atoms with Crippen molar-refractivity contribution in [2.75, 3.05) is 17.2 Å². The number of aryl methyl sites for hydroxylation is 1. The molecule has 0 radical (unpaired) electrons. The molecule has 0 aliphatic heterocycles. The van der Waals surface area contributed by atoms with Gasteiger partial charge in [0.2, 0.25) is 0 Å². The van der Waals surface area contributed by atoms with Gasteiger partial charge >= 0.3 is 0 Å². The van der Waals surface area contributed by atoms with Gasteiger partial charge in [0.1, 0.15) is 5.82 Å². The average Bonchev–Trinajstić information content (AvgIpc) is 2.36. The number of rotatable bonds is 4. The largest absolute Gasteiger partial charge is 0.370 e. The van der Waals surface area contributed by atoms with Crippen molar-refractivity contribution in [1.29, 1.82) is 0 Å². The molecule has 0 unspecified atom stereocenters. The molecule has 94 valence electrons. The van der Waals surface area contributed by atoms with E-state index in [9.17, 15) is 0 Å². The van der Waals surface area contributed by atoms with E-state index in [0.29, 0.717) is 0 Å². The van der Waals surface area contributed by atoms with Crippen molar-refractivity contribution in [3.63, 3.8) is 0 Å². The molecule has 3 nitrogen and oxygen atoms in total. The van der Waals surface area contributed by atoms with Gasteiger partial charge in [0.05, 0.1) is 0 Å². The fraction of sp³-hybridized carbons (Fsp3) is 0.267. The molecule has 2 N–H and O–H groups in total. The zero-order valence-corrected chi connectivity index (χ0v) is 11.1. The number of nitrogens with zero attached hydrogens (tertiary/aromatic N) is 1. The van der Waals surface area contributed by atoms with Crippen molar-refractivity contribution < 1.29 is 0 Å². The van der Waals surface area contributed by atoms with Crippen LogP contribution in [0.4, 0.5) is 17.2 Å². The highest BCUT2D eigenvalue weighted by atomic mass is 15.0. The second-order valence-electron chi connectivity index (χ2n) is 4.33. The summed E-state index contributed by atoms with van der Waals surface area (Å²) < 4.78 is 0. The standard InChI is InChI=1S/C15H19N3/c1-4-16-15-10-13(8-9-17-15)18-14-7-5-6-11(2)12(14)3/h5-10H,4H2,1-3H3,(H2,16,17,18). The SMILES string of the molecule is CCNc1cc(Nc2cccc(C)c2C)ccn1. The van der Waals surface area contributed by atoms with Crippen LogP contribution in [0.2, 0.25) is 0 Å². The molecule has 2 rings (SSSR count). The summed E-state index contributed by atoms with van der Waals surface area (Å²) in [6, 6.07) is 10.3. The number of benzene rings is 1. The number of aromatic nitrogens is 1. The molecule has 0 saturated carbocycles. The van der Waals surface area contributed by atoms with Gasteiger partial charge in [-0.25, -0.2) is 4.98 Å². The van der Waals surface area contributed by atoms with E-state index in [1.54, 1.807) is 0 Å². The maximum atomic E-state index is 4.26. The van der Waals surface area contributed by atoms with Crippen LogP contribution in [-0.2, 0) is 0 Å². The summed E-state index contributed by atoms with van der Waals surface area (Å²) in [6.45, 7) is 7.19. The van der Waals surface area contributed by atoms with E-state index in [-0.39, 0.29) is 0 Å². The van der Waals surface area contributed by atoms with E-state index in [2.05, 4.69) is 54.6 Å². The van der Waals surface area contributed by atoms with Gasteiger partial charge in [-0.1, -0.05) is 12.1 Å². The molecule has 0 atom stereocenters. The Labute approximate surface area is 108 Å². The summed E-state index contributed by atoms with van der Waals surface area (Å²) in [5, 5.41) is 6.64. The van der Waals surface area contributed by atoms with Crippen LogP contribution >= 0.6 is 0 Å². The molecule has 2 aromatic rings. The maximum absolute atomic E-state index is 4.26. The first-order valence-corrected chi connectivity index (χ1v) is 6.24. The minimum Gasteiger partial charge on any atom is -0.370 e. The molecule has 0 aliphatic rings. The van der Waals surface area contributed by atoms with Crippen molar-refractivity contribution in [3.8, 4) is 0 Å².